The van der Waals surface area contributed by atoms with E-state index < -0.39 is 0 Å². The molecule has 1 aromatic heterocycles. The number of halogens is 1. The highest BCUT2D eigenvalue weighted by Gasteiger charge is 2.07. The van der Waals surface area contributed by atoms with Gasteiger partial charge in [-0.2, -0.15) is 15.0 Å². The molecular weight excluding hydrogens is 337 g/mol. The van der Waals surface area contributed by atoms with Gasteiger partial charge in [-0.25, -0.2) is 4.39 Å². The third kappa shape index (κ3) is 4.50. The molecule has 0 atom stereocenters. The molecule has 132 valence electrons. The van der Waals surface area contributed by atoms with Crippen LogP contribution in [0.2, 0.25) is 0 Å². The van der Waals surface area contributed by atoms with Gasteiger partial charge in [0.25, 0.3) is 0 Å². The molecule has 0 unspecified atom stereocenters. The number of ether oxygens (including phenoxy) is 1. The Morgan fingerprint density at radius 1 is 1.08 bits per heavy atom. The minimum Gasteiger partial charge on any atom is -0.486 e. The number of nitrogens with two attached hydrogens (primary N) is 1. The summed E-state index contributed by atoms with van der Waals surface area (Å²) in [5, 5.41) is 2.93. The maximum atomic E-state index is 13.0. The first-order valence-corrected chi connectivity index (χ1v) is 7.76. The molecule has 0 bridgehead atoms. The van der Waals surface area contributed by atoms with Crippen molar-refractivity contribution in [3.63, 3.8) is 0 Å². The smallest absolute Gasteiger partial charge is 0.232 e. The fraction of sp³-hybridized carbons (Fsp3) is 0.111. The highest BCUT2D eigenvalue weighted by Crippen LogP contribution is 2.16. The third-order valence-electron chi connectivity index (χ3n) is 3.43. The molecule has 8 heteroatoms. The highest BCUT2D eigenvalue weighted by atomic mass is 19.1. The Labute approximate surface area is 149 Å². The first kappa shape index (κ1) is 17.3. The van der Waals surface area contributed by atoms with E-state index in [1.54, 1.807) is 36.4 Å². The largest absolute Gasteiger partial charge is 0.486 e. The molecule has 0 saturated carbocycles. The summed E-state index contributed by atoms with van der Waals surface area (Å²) >= 11 is 0. The zero-order chi connectivity index (χ0) is 18.5. The van der Waals surface area contributed by atoms with E-state index in [1.807, 2.05) is 0 Å². The van der Waals surface area contributed by atoms with Crippen LogP contribution in [-0.4, -0.2) is 20.7 Å². The van der Waals surface area contributed by atoms with Crippen molar-refractivity contribution in [3.8, 4) is 5.75 Å². The summed E-state index contributed by atoms with van der Waals surface area (Å²) in [6.45, 7) is 1.57. The van der Waals surface area contributed by atoms with Gasteiger partial charge < -0.3 is 15.8 Å². The van der Waals surface area contributed by atoms with Gasteiger partial charge in [0.05, 0.1) is 0 Å². The van der Waals surface area contributed by atoms with Crippen LogP contribution in [0.25, 0.3) is 0 Å². The maximum absolute atomic E-state index is 13.0. The van der Waals surface area contributed by atoms with Gasteiger partial charge in [-0.05, 0) is 55.5 Å². The Hall–Kier alpha value is -3.55. The first-order valence-electron chi connectivity index (χ1n) is 7.76. The molecule has 0 amide bonds. The lowest BCUT2D eigenvalue weighted by Gasteiger charge is -2.09. The second-order valence-corrected chi connectivity index (χ2v) is 5.43. The molecule has 1 heterocycles. The number of anilines is 3. The van der Waals surface area contributed by atoms with Gasteiger partial charge in [0.1, 0.15) is 18.2 Å². The highest BCUT2D eigenvalue weighted by molar-refractivity contribution is 5.94. The predicted octanol–water partition coefficient (Wildman–Crippen LogP) is 3.12. The summed E-state index contributed by atoms with van der Waals surface area (Å²) in [5.74, 6) is 0.818. The van der Waals surface area contributed by atoms with Crippen molar-refractivity contribution in [2.24, 2.45) is 0 Å². The molecule has 26 heavy (non-hydrogen) atoms. The van der Waals surface area contributed by atoms with Gasteiger partial charge in [-0.15, -0.1) is 0 Å². The number of Topliss-reactive ketones (excluding diaryl/α,β-unsaturated/α-hetero) is 1. The van der Waals surface area contributed by atoms with Gasteiger partial charge in [-0.1, -0.05) is 0 Å². The number of nitrogen functional groups attached to an aromatic ring is 1. The zero-order valence-electron chi connectivity index (χ0n) is 13.9. The summed E-state index contributed by atoms with van der Waals surface area (Å²) in [5.41, 5.74) is 6.92. The lowest BCUT2D eigenvalue weighted by molar-refractivity contribution is 0.101. The lowest BCUT2D eigenvalue weighted by atomic mass is 10.1. The number of aromatic nitrogens is 3. The number of nitrogens with one attached hydrogen (secondary N) is 1. The molecule has 0 aliphatic heterocycles. The molecule has 0 radical (unpaired) electrons. The van der Waals surface area contributed by atoms with E-state index >= 15 is 0 Å². The Morgan fingerprint density at radius 2 is 1.77 bits per heavy atom. The Morgan fingerprint density at radius 3 is 2.42 bits per heavy atom. The third-order valence-corrected chi connectivity index (χ3v) is 3.43. The SMILES string of the molecule is CC(=O)c1ccc(OCc2nc(N)nc(Nc3ccc(F)cc3)n2)cc1. The second-order valence-electron chi connectivity index (χ2n) is 5.43. The second kappa shape index (κ2) is 7.56. The van der Waals surface area contributed by atoms with Gasteiger partial charge >= 0.3 is 0 Å². The molecule has 3 aromatic rings. The summed E-state index contributed by atoms with van der Waals surface area (Å²) in [6.07, 6.45) is 0. The molecule has 0 saturated heterocycles. The van der Waals surface area contributed by atoms with Crippen molar-refractivity contribution < 1.29 is 13.9 Å². The predicted molar refractivity (Wildman–Crippen MR) is 94.7 cm³/mol. The number of rotatable bonds is 6. The summed E-state index contributed by atoms with van der Waals surface area (Å²) in [7, 11) is 0. The Kier molecular flexibility index (Phi) is 5.02. The molecule has 0 spiro atoms. The van der Waals surface area contributed by atoms with Gasteiger partial charge in [0, 0.05) is 11.3 Å². The number of hydrogen-bond donors (Lipinski definition) is 2. The van der Waals surface area contributed by atoms with Crippen LogP contribution in [0.15, 0.2) is 48.5 Å². The molecule has 0 fully saturated rings. The molecule has 3 N–H and O–H groups in total. The minimum atomic E-state index is -0.337. The van der Waals surface area contributed by atoms with Crippen molar-refractivity contribution in [2.45, 2.75) is 13.5 Å². The van der Waals surface area contributed by atoms with Crippen molar-refractivity contribution in [1.29, 1.82) is 0 Å². The van der Waals surface area contributed by atoms with E-state index in [1.165, 1.54) is 19.1 Å². The summed E-state index contributed by atoms with van der Waals surface area (Å²) < 4.78 is 18.6. The molecule has 2 aromatic carbocycles. The quantitative estimate of drug-likeness (QED) is 0.656. The van der Waals surface area contributed by atoms with E-state index in [-0.39, 0.29) is 30.1 Å². The van der Waals surface area contributed by atoms with E-state index in [0.29, 0.717) is 22.8 Å². The summed E-state index contributed by atoms with van der Waals surface area (Å²) in [4.78, 5) is 23.5. The van der Waals surface area contributed by atoms with Crippen LogP contribution in [-0.2, 0) is 6.61 Å². The van der Waals surface area contributed by atoms with Crippen LogP contribution < -0.4 is 15.8 Å². The van der Waals surface area contributed by atoms with Crippen LogP contribution in [0.3, 0.4) is 0 Å². The normalized spacial score (nSPS) is 10.4. The van der Waals surface area contributed by atoms with Gasteiger partial charge in [0.2, 0.25) is 11.9 Å². The van der Waals surface area contributed by atoms with Crippen LogP contribution in [0.4, 0.5) is 22.0 Å². The van der Waals surface area contributed by atoms with E-state index in [4.69, 9.17) is 10.5 Å². The van der Waals surface area contributed by atoms with Gasteiger partial charge in [0.15, 0.2) is 11.6 Å². The molecule has 7 nitrogen and oxygen atoms in total. The van der Waals surface area contributed by atoms with Crippen LogP contribution in [0.1, 0.15) is 23.1 Å². The minimum absolute atomic E-state index is 0.0155. The van der Waals surface area contributed by atoms with Crippen LogP contribution in [0, 0.1) is 5.82 Å². The number of benzene rings is 2. The van der Waals surface area contributed by atoms with Crippen LogP contribution >= 0.6 is 0 Å². The van der Waals surface area contributed by atoms with Crippen LogP contribution in [0.5, 0.6) is 5.75 Å². The van der Waals surface area contributed by atoms with Gasteiger partial charge in [-0.3, -0.25) is 4.79 Å². The molecule has 0 aliphatic rings. The molecular formula is C18H16FN5O2. The van der Waals surface area contributed by atoms with Crippen molar-refractivity contribution in [1.82, 2.24) is 15.0 Å². The van der Waals surface area contributed by atoms with E-state index in [9.17, 15) is 9.18 Å². The monoisotopic (exact) mass is 353 g/mol. The first-order chi connectivity index (χ1) is 12.5. The maximum Gasteiger partial charge on any atom is 0.232 e. The number of carbonyl (C=O) groups is 1. The topological polar surface area (TPSA) is 103 Å². The molecule has 0 aliphatic carbocycles. The standard InChI is InChI=1S/C18H16FN5O2/c1-11(25)12-2-8-15(9-3-12)26-10-16-22-17(20)24-18(23-16)21-14-6-4-13(19)5-7-14/h2-9H,10H2,1H3,(H3,20,21,22,23,24). The van der Waals surface area contributed by atoms with Crippen molar-refractivity contribution >= 4 is 23.4 Å². The van der Waals surface area contributed by atoms with E-state index in [0.717, 1.165) is 0 Å². The molecule has 3 rings (SSSR count). The fourth-order valence-corrected chi connectivity index (χ4v) is 2.15. The van der Waals surface area contributed by atoms with Crippen molar-refractivity contribution in [3.05, 3.63) is 65.7 Å². The number of carbonyl (C=O) groups excluding carboxylic acids is 1. The number of ketones is 1. The zero-order valence-corrected chi connectivity index (χ0v) is 13.9. The Bertz CT molecular complexity index is 914. The number of nitrogens with zero attached hydrogens (tertiary/aromatic N) is 3. The lowest BCUT2D eigenvalue weighted by Crippen LogP contribution is -2.09. The summed E-state index contributed by atoms with van der Waals surface area (Å²) in [6, 6.07) is 12.5. The average Bonchev–Trinajstić information content (AvgIpc) is 2.62. The Balaban J connectivity index is 1.69. The average molecular weight is 353 g/mol. The fourth-order valence-electron chi connectivity index (χ4n) is 2.15. The van der Waals surface area contributed by atoms with E-state index in [2.05, 4.69) is 20.3 Å². The number of hydrogen-bond acceptors (Lipinski definition) is 7. The van der Waals surface area contributed by atoms with Crippen molar-refractivity contribution in [2.75, 3.05) is 11.1 Å².